The van der Waals surface area contributed by atoms with E-state index in [0.29, 0.717) is 18.8 Å². The van der Waals surface area contributed by atoms with Gasteiger partial charge in [-0.2, -0.15) is 0 Å². The summed E-state index contributed by atoms with van der Waals surface area (Å²) >= 11 is 0. The highest BCUT2D eigenvalue weighted by atomic mass is 16.6. The Balaban J connectivity index is 1.38. The number of aryl methyl sites for hydroxylation is 1. The molecule has 7 heteroatoms. The van der Waals surface area contributed by atoms with Gasteiger partial charge >= 0.3 is 5.97 Å². The van der Waals surface area contributed by atoms with Crippen LogP contribution in [0.1, 0.15) is 5.56 Å². The Labute approximate surface area is 170 Å². The Hall–Kier alpha value is -3.22. The lowest BCUT2D eigenvalue weighted by Gasteiger charge is -2.36. The largest absolute Gasteiger partial charge is 0.497 e. The summed E-state index contributed by atoms with van der Waals surface area (Å²) in [6.07, 6.45) is 0. The summed E-state index contributed by atoms with van der Waals surface area (Å²) in [7, 11) is 1.64. The van der Waals surface area contributed by atoms with Crippen LogP contribution >= 0.6 is 0 Å². The first-order chi connectivity index (χ1) is 14.0. The number of hydrogen-bond acceptors (Lipinski definition) is 6. The van der Waals surface area contributed by atoms with E-state index in [9.17, 15) is 9.59 Å². The zero-order valence-corrected chi connectivity index (χ0v) is 16.8. The van der Waals surface area contributed by atoms with Gasteiger partial charge in [0.2, 0.25) is 0 Å². The van der Waals surface area contributed by atoms with Crippen molar-refractivity contribution in [1.29, 1.82) is 0 Å². The minimum atomic E-state index is -0.559. The summed E-state index contributed by atoms with van der Waals surface area (Å²) in [6.45, 7) is 4.08. The molecule has 0 unspecified atom stereocenters. The molecule has 0 atom stereocenters. The number of carbonyl (C=O) groups is 2. The summed E-state index contributed by atoms with van der Waals surface area (Å²) in [5.74, 6) is 0.665. The molecule has 0 N–H and O–H groups in total. The van der Waals surface area contributed by atoms with Gasteiger partial charge in [-0.3, -0.25) is 4.79 Å². The fourth-order valence-electron chi connectivity index (χ4n) is 3.13. The lowest BCUT2D eigenvalue weighted by atomic mass is 10.2. The van der Waals surface area contributed by atoms with E-state index in [2.05, 4.69) is 4.90 Å². The zero-order valence-electron chi connectivity index (χ0n) is 16.8. The van der Waals surface area contributed by atoms with Crippen molar-refractivity contribution in [3.63, 3.8) is 0 Å². The summed E-state index contributed by atoms with van der Waals surface area (Å²) in [4.78, 5) is 28.1. The molecule has 0 aliphatic carbocycles. The predicted molar refractivity (Wildman–Crippen MR) is 109 cm³/mol. The van der Waals surface area contributed by atoms with Gasteiger partial charge in [-0.05, 0) is 48.9 Å². The number of rotatable bonds is 7. The van der Waals surface area contributed by atoms with Crippen molar-refractivity contribution < 1.29 is 23.8 Å². The smallest absolute Gasteiger partial charge is 0.344 e. The van der Waals surface area contributed by atoms with Crippen molar-refractivity contribution >= 4 is 17.6 Å². The van der Waals surface area contributed by atoms with Crippen LogP contribution in [0.4, 0.5) is 5.69 Å². The van der Waals surface area contributed by atoms with E-state index in [1.165, 1.54) is 0 Å². The molecule has 0 aromatic heterocycles. The Morgan fingerprint density at radius 2 is 1.66 bits per heavy atom. The monoisotopic (exact) mass is 398 g/mol. The molecule has 3 rings (SSSR count). The van der Waals surface area contributed by atoms with Crippen LogP contribution in [0.3, 0.4) is 0 Å². The average molecular weight is 398 g/mol. The van der Waals surface area contributed by atoms with E-state index in [1.54, 1.807) is 18.1 Å². The average Bonchev–Trinajstić information content (AvgIpc) is 2.76. The summed E-state index contributed by atoms with van der Waals surface area (Å²) in [5, 5.41) is 0. The number of benzene rings is 2. The number of piperazine rings is 1. The van der Waals surface area contributed by atoms with Crippen molar-refractivity contribution in [3.05, 3.63) is 54.1 Å². The molecule has 7 nitrogen and oxygen atoms in total. The third-order valence-electron chi connectivity index (χ3n) is 4.77. The first kappa shape index (κ1) is 20.5. The van der Waals surface area contributed by atoms with E-state index in [4.69, 9.17) is 14.2 Å². The van der Waals surface area contributed by atoms with Gasteiger partial charge in [0.15, 0.2) is 13.2 Å². The van der Waals surface area contributed by atoms with Crippen molar-refractivity contribution in [2.24, 2.45) is 0 Å². The van der Waals surface area contributed by atoms with Gasteiger partial charge in [0.25, 0.3) is 5.91 Å². The number of amides is 1. The maximum atomic E-state index is 12.3. The molecule has 2 aromatic carbocycles. The van der Waals surface area contributed by atoms with Gasteiger partial charge < -0.3 is 24.0 Å². The number of methoxy groups -OCH3 is 1. The molecule has 154 valence electrons. The Morgan fingerprint density at radius 3 is 2.31 bits per heavy atom. The Morgan fingerprint density at radius 1 is 0.931 bits per heavy atom. The maximum Gasteiger partial charge on any atom is 0.344 e. The molecule has 0 bridgehead atoms. The Bertz CT molecular complexity index is 829. The normalized spacial score (nSPS) is 13.7. The molecule has 1 amide bonds. The van der Waals surface area contributed by atoms with Crippen LogP contribution in [-0.4, -0.2) is 63.3 Å². The van der Waals surface area contributed by atoms with Crippen molar-refractivity contribution in [2.75, 3.05) is 51.4 Å². The number of hydrogen-bond donors (Lipinski definition) is 0. The molecular weight excluding hydrogens is 372 g/mol. The second-order valence-corrected chi connectivity index (χ2v) is 6.83. The maximum absolute atomic E-state index is 12.3. The topological polar surface area (TPSA) is 68.3 Å². The predicted octanol–water partition coefficient (Wildman–Crippen LogP) is 2.27. The standard InChI is InChI=1S/C22H26N2O5/c1-17-4-3-5-20(14-17)28-16-22(26)29-15-21(25)24-12-10-23(11-13-24)18-6-8-19(27-2)9-7-18/h3-9,14H,10-13,15-16H2,1-2H3. The molecule has 2 aromatic rings. The molecule has 1 aliphatic rings. The van der Waals surface area contributed by atoms with E-state index in [-0.39, 0.29) is 19.1 Å². The van der Waals surface area contributed by atoms with Crippen LogP contribution in [0.2, 0.25) is 0 Å². The summed E-state index contributed by atoms with van der Waals surface area (Å²) in [6, 6.07) is 15.3. The van der Waals surface area contributed by atoms with Crippen LogP contribution in [0.25, 0.3) is 0 Å². The van der Waals surface area contributed by atoms with Gasteiger partial charge in [0.05, 0.1) is 7.11 Å². The van der Waals surface area contributed by atoms with E-state index >= 15 is 0 Å². The highest BCUT2D eigenvalue weighted by Gasteiger charge is 2.22. The first-order valence-corrected chi connectivity index (χ1v) is 9.57. The number of nitrogens with zero attached hydrogens (tertiary/aromatic N) is 2. The van der Waals surface area contributed by atoms with E-state index in [1.807, 2.05) is 49.4 Å². The van der Waals surface area contributed by atoms with Gasteiger partial charge in [0.1, 0.15) is 11.5 Å². The van der Waals surface area contributed by atoms with Gasteiger partial charge in [-0.1, -0.05) is 12.1 Å². The van der Waals surface area contributed by atoms with Crippen LogP contribution in [-0.2, 0) is 14.3 Å². The molecule has 0 saturated carbocycles. The lowest BCUT2D eigenvalue weighted by molar-refractivity contribution is -0.153. The van der Waals surface area contributed by atoms with Gasteiger partial charge in [0, 0.05) is 31.9 Å². The van der Waals surface area contributed by atoms with Crippen LogP contribution < -0.4 is 14.4 Å². The second-order valence-electron chi connectivity index (χ2n) is 6.83. The van der Waals surface area contributed by atoms with Gasteiger partial charge in [-0.25, -0.2) is 4.79 Å². The SMILES string of the molecule is COc1ccc(N2CCN(C(=O)COC(=O)COc3cccc(C)c3)CC2)cc1. The van der Waals surface area contributed by atoms with E-state index in [0.717, 1.165) is 30.1 Å². The highest BCUT2D eigenvalue weighted by Crippen LogP contribution is 2.20. The number of carbonyl (C=O) groups excluding carboxylic acids is 2. The van der Waals surface area contributed by atoms with Crippen molar-refractivity contribution in [3.8, 4) is 11.5 Å². The molecule has 0 radical (unpaired) electrons. The minimum Gasteiger partial charge on any atom is -0.497 e. The van der Waals surface area contributed by atoms with Crippen LogP contribution in [0.5, 0.6) is 11.5 Å². The highest BCUT2D eigenvalue weighted by molar-refractivity contribution is 5.81. The molecular formula is C22H26N2O5. The zero-order chi connectivity index (χ0) is 20.6. The molecule has 29 heavy (non-hydrogen) atoms. The third-order valence-corrected chi connectivity index (χ3v) is 4.77. The first-order valence-electron chi connectivity index (χ1n) is 9.57. The molecule has 1 aliphatic heterocycles. The molecule has 1 heterocycles. The summed E-state index contributed by atoms with van der Waals surface area (Å²) in [5.41, 5.74) is 2.14. The van der Waals surface area contributed by atoms with E-state index < -0.39 is 5.97 Å². The number of ether oxygens (including phenoxy) is 3. The number of esters is 1. The molecule has 1 fully saturated rings. The molecule has 0 spiro atoms. The second kappa shape index (κ2) is 9.82. The minimum absolute atomic E-state index is 0.191. The summed E-state index contributed by atoms with van der Waals surface area (Å²) < 4.78 is 15.6. The number of anilines is 1. The third kappa shape index (κ3) is 5.88. The fourth-order valence-corrected chi connectivity index (χ4v) is 3.13. The quantitative estimate of drug-likeness (QED) is 0.667. The van der Waals surface area contributed by atoms with Crippen LogP contribution in [0.15, 0.2) is 48.5 Å². The lowest BCUT2D eigenvalue weighted by Crippen LogP contribution is -2.50. The van der Waals surface area contributed by atoms with Gasteiger partial charge in [-0.15, -0.1) is 0 Å². The fraction of sp³-hybridized carbons (Fsp3) is 0.364. The van der Waals surface area contributed by atoms with Crippen LogP contribution in [0, 0.1) is 6.92 Å². The Kier molecular flexibility index (Phi) is 6.94. The van der Waals surface area contributed by atoms with Crippen molar-refractivity contribution in [2.45, 2.75) is 6.92 Å². The van der Waals surface area contributed by atoms with Crippen molar-refractivity contribution in [1.82, 2.24) is 4.90 Å². The molecule has 1 saturated heterocycles.